The molecule has 2 aromatic heterocycles. The molecule has 0 atom stereocenters. The summed E-state index contributed by atoms with van der Waals surface area (Å²) >= 11 is 1.82. The van der Waals surface area contributed by atoms with Gasteiger partial charge in [-0.15, -0.1) is 0 Å². The van der Waals surface area contributed by atoms with Gasteiger partial charge in [-0.05, 0) is 11.5 Å². The number of fused-ring (bicyclic) bond motifs is 2. The van der Waals surface area contributed by atoms with Crippen LogP contribution in [0.25, 0.3) is 22.3 Å². The highest BCUT2D eigenvalue weighted by Crippen LogP contribution is 2.33. The lowest BCUT2D eigenvalue weighted by Crippen LogP contribution is -2.03. The molecule has 4 nitrogen and oxygen atoms in total. The fraction of sp³-hybridized carbons (Fsp3) is 0.133. The van der Waals surface area contributed by atoms with E-state index < -0.39 is 0 Å². The third-order valence-corrected chi connectivity index (χ3v) is 4.47. The van der Waals surface area contributed by atoms with E-state index in [1.165, 1.54) is 0 Å². The zero-order valence-electron chi connectivity index (χ0n) is 10.7. The van der Waals surface area contributed by atoms with Crippen molar-refractivity contribution < 1.29 is 0 Å². The predicted molar refractivity (Wildman–Crippen MR) is 82.2 cm³/mol. The summed E-state index contributed by atoms with van der Waals surface area (Å²) in [5.74, 6) is 3.02. The molecule has 1 aromatic carbocycles. The van der Waals surface area contributed by atoms with Gasteiger partial charge in [0.1, 0.15) is 11.5 Å². The van der Waals surface area contributed by atoms with Crippen molar-refractivity contribution in [2.75, 3.05) is 5.73 Å². The number of thioether (sulfide) groups is 1. The Hall–Kier alpha value is -2.14. The zero-order chi connectivity index (χ0) is 13.5. The van der Waals surface area contributed by atoms with Gasteiger partial charge in [0, 0.05) is 28.7 Å². The quantitative estimate of drug-likeness (QED) is 0.742. The number of aromatic nitrogens is 3. The molecule has 0 radical (unpaired) electrons. The van der Waals surface area contributed by atoms with Gasteiger partial charge in [-0.3, -0.25) is 4.98 Å². The standard InChI is InChI=1S/C15H12N4S/c16-14-11-7-20-8-12(11)18-15(19-14)13-10-4-2-1-3-9(10)5-6-17-13/h1-6H,7-8H2,(H2,16,18,19). The van der Waals surface area contributed by atoms with Gasteiger partial charge in [0.05, 0.1) is 5.69 Å². The van der Waals surface area contributed by atoms with Crippen LogP contribution in [0.15, 0.2) is 36.5 Å². The van der Waals surface area contributed by atoms with Gasteiger partial charge in [-0.2, -0.15) is 11.8 Å². The van der Waals surface area contributed by atoms with E-state index in [2.05, 4.69) is 21.0 Å². The number of nitrogens with two attached hydrogens (primary N) is 1. The number of nitrogens with zero attached hydrogens (tertiary/aromatic N) is 3. The maximum absolute atomic E-state index is 6.06. The van der Waals surface area contributed by atoms with Crippen LogP contribution < -0.4 is 5.73 Å². The van der Waals surface area contributed by atoms with E-state index in [4.69, 9.17) is 5.73 Å². The summed E-state index contributed by atoms with van der Waals surface area (Å²) in [7, 11) is 0. The van der Waals surface area contributed by atoms with Gasteiger partial charge in [0.15, 0.2) is 5.82 Å². The van der Waals surface area contributed by atoms with Crippen molar-refractivity contribution in [1.82, 2.24) is 15.0 Å². The summed E-state index contributed by atoms with van der Waals surface area (Å²) < 4.78 is 0. The second kappa shape index (κ2) is 4.45. The van der Waals surface area contributed by atoms with Crippen LogP contribution in [-0.2, 0) is 11.5 Å². The molecule has 3 aromatic rings. The van der Waals surface area contributed by atoms with E-state index in [0.29, 0.717) is 11.6 Å². The molecule has 4 rings (SSSR count). The van der Waals surface area contributed by atoms with E-state index in [1.807, 2.05) is 36.0 Å². The molecule has 3 heterocycles. The normalized spacial score (nSPS) is 13.6. The van der Waals surface area contributed by atoms with Gasteiger partial charge in [0.2, 0.25) is 0 Å². The number of pyridine rings is 1. The van der Waals surface area contributed by atoms with E-state index in [-0.39, 0.29) is 0 Å². The minimum Gasteiger partial charge on any atom is -0.383 e. The lowest BCUT2D eigenvalue weighted by atomic mass is 10.1. The molecule has 1 aliphatic rings. The number of anilines is 1. The summed E-state index contributed by atoms with van der Waals surface area (Å²) in [6, 6.07) is 10.1. The molecule has 20 heavy (non-hydrogen) atoms. The first-order chi connectivity index (χ1) is 9.83. The van der Waals surface area contributed by atoms with E-state index >= 15 is 0 Å². The fourth-order valence-corrected chi connectivity index (χ4v) is 3.53. The lowest BCUT2D eigenvalue weighted by Gasteiger charge is -2.07. The highest BCUT2D eigenvalue weighted by molar-refractivity contribution is 7.98. The molecule has 0 fully saturated rings. The second-order valence-corrected chi connectivity index (χ2v) is 5.72. The van der Waals surface area contributed by atoms with E-state index in [0.717, 1.165) is 39.2 Å². The Bertz CT molecular complexity index is 811. The first-order valence-electron chi connectivity index (χ1n) is 6.40. The topological polar surface area (TPSA) is 64.7 Å². The van der Waals surface area contributed by atoms with Crippen LogP contribution in [0.1, 0.15) is 11.3 Å². The highest BCUT2D eigenvalue weighted by Gasteiger charge is 2.19. The third-order valence-electron chi connectivity index (χ3n) is 3.50. The first-order valence-corrected chi connectivity index (χ1v) is 7.55. The summed E-state index contributed by atoms with van der Waals surface area (Å²) in [5.41, 5.74) is 8.99. The van der Waals surface area contributed by atoms with Crippen LogP contribution in [-0.4, -0.2) is 15.0 Å². The molecule has 0 spiro atoms. The van der Waals surface area contributed by atoms with Crippen LogP contribution >= 0.6 is 11.8 Å². The molecule has 1 aliphatic heterocycles. The number of hydrogen-bond donors (Lipinski definition) is 1. The molecule has 0 saturated carbocycles. The third kappa shape index (κ3) is 1.74. The van der Waals surface area contributed by atoms with Crippen LogP contribution in [0.5, 0.6) is 0 Å². The summed E-state index contributed by atoms with van der Waals surface area (Å²) in [6.45, 7) is 0. The molecule has 98 valence electrons. The molecule has 0 unspecified atom stereocenters. The molecule has 0 aliphatic carbocycles. The highest BCUT2D eigenvalue weighted by atomic mass is 32.2. The van der Waals surface area contributed by atoms with Crippen LogP contribution in [0.4, 0.5) is 5.82 Å². The monoisotopic (exact) mass is 280 g/mol. The Morgan fingerprint density at radius 1 is 1.05 bits per heavy atom. The van der Waals surface area contributed by atoms with Crippen molar-refractivity contribution in [3.05, 3.63) is 47.8 Å². The maximum atomic E-state index is 6.06. The fourth-order valence-electron chi connectivity index (χ4n) is 2.48. The number of benzene rings is 1. The largest absolute Gasteiger partial charge is 0.383 e. The maximum Gasteiger partial charge on any atom is 0.181 e. The van der Waals surface area contributed by atoms with Crippen molar-refractivity contribution in [3.8, 4) is 11.5 Å². The minimum atomic E-state index is 0.588. The Labute approximate surface area is 120 Å². The summed E-state index contributed by atoms with van der Waals surface area (Å²) in [6.07, 6.45) is 1.79. The lowest BCUT2D eigenvalue weighted by molar-refractivity contribution is 1.07. The van der Waals surface area contributed by atoms with E-state index in [9.17, 15) is 0 Å². The molecule has 2 N–H and O–H groups in total. The number of nitrogen functional groups attached to an aromatic ring is 1. The van der Waals surface area contributed by atoms with Gasteiger partial charge < -0.3 is 5.73 Å². The molecule has 0 amide bonds. The zero-order valence-corrected chi connectivity index (χ0v) is 11.5. The van der Waals surface area contributed by atoms with Crippen molar-refractivity contribution in [2.24, 2.45) is 0 Å². The number of hydrogen-bond acceptors (Lipinski definition) is 5. The summed E-state index contributed by atoms with van der Waals surface area (Å²) in [5, 5.41) is 2.19. The van der Waals surface area contributed by atoms with Crippen LogP contribution in [0, 0.1) is 0 Å². The Balaban J connectivity index is 1.98. The van der Waals surface area contributed by atoms with Crippen molar-refractivity contribution in [2.45, 2.75) is 11.5 Å². The Kier molecular flexibility index (Phi) is 2.60. The van der Waals surface area contributed by atoms with Crippen LogP contribution in [0.2, 0.25) is 0 Å². The van der Waals surface area contributed by atoms with Crippen LogP contribution in [0.3, 0.4) is 0 Å². The molecule has 5 heteroatoms. The molecule has 0 bridgehead atoms. The predicted octanol–water partition coefficient (Wildman–Crippen LogP) is 3.02. The van der Waals surface area contributed by atoms with Crippen molar-refractivity contribution in [1.29, 1.82) is 0 Å². The Morgan fingerprint density at radius 2 is 1.95 bits per heavy atom. The number of rotatable bonds is 1. The van der Waals surface area contributed by atoms with Crippen molar-refractivity contribution in [3.63, 3.8) is 0 Å². The average molecular weight is 280 g/mol. The Morgan fingerprint density at radius 3 is 2.90 bits per heavy atom. The molecular formula is C15H12N4S. The van der Waals surface area contributed by atoms with Gasteiger partial charge in [-0.1, -0.05) is 24.3 Å². The average Bonchev–Trinajstić information content (AvgIpc) is 2.95. The van der Waals surface area contributed by atoms with Gasteiger partial charge in [0.25, 0.3) is 0 Å². The smallest absolute Gasteiger partial charge is 0.181 e. The van der Waals surface area contributed by atoms with Gasteiger partial charge in [-0.25, -0.2) is 9.97 Å². The minimum absolute atomic E-state index is 0.588. The summed E-state index contributed by atoms with van der Waals surface area (Å²) in [4.78, 5) is 13.6. The molecule has 0 saturated heterocycles. The van der Waals surface area contributed by atoms with Gasteiger partial charge >= 0.3 is 0 Å². The second-order valence-electron chi connectivity index (χ2n) is 4.73. The van der Waals surface area contributed by atoms with E-state index in [1.54, 1.807) is 6.20 Å². The first kappa shape index (κ1) is 11.7. The van der Waals surface area contributed by atoms with Crippen molar-refractivity contribution >= 4 is 28.4 Å². The molecular weight excluding hydrogens is 268 g/mol. The SMILES string of the molecule is Nc1nc(-c2nccc3ccccc23)nc2c1CSC2.